The van der Waals surface area contributed by atoms with Crippen LogP contribution >= 0.6 is 11.6 Å². The highest BCUT2D eigenvalue weighted by molar-refractivity contribution is 6.34. The van der Waals surface area contributed by atoms with Gasteiger partial charge < -0.3 is 14.8 Å². The van der Waals surface area contributed by atoms with Crippen molar-refractivity contribution in [3.63, 3.8) is 0 Å². The van der Waals surface area contributed by atoms with E-state index >= 15 is 0 Å². The number of nitrogens with zero attached hydrogens (tertiary/aromatic N) is 3. The fourth-order valence-electron chi connectivity index (χ4n) is 3.49. The number of nitro groups is 1. The molecule has 4 rings (SSSR count). The number of esters is 1. The molecule has 10 heteroatoms. The molecular formula is C25H21ClN4O5. The molecule has 2 heterocycles. The summed E-state index contributed by atoms with van der Waals surface area (Å²) in [4.78, 5) is 34.7. The van der Waals surface area contributed by atoms with Crippen molar-refractivity contribution in [1.29, 1.82) is 0 Å². The third kappa shape index (κ3) is 5.15. The number of benzene rings is 2. The number of aromatic hydroxyl groups is 1. The number of carbonyl (C=O) groups excluding carboxylic acids is 1. The van der Waals surface area contributed by atoms with Gasteiger partial charge in [0, 0.05) is 35.5 Å². The highest BCUT2D eigenvalue weighted by atomic mass is 35.5. The number of aliphatic imine (C=N–C) groups is 1. The number of hydrogen-bond acceptors (Lipinski definition) is 7. The average molecular weight is 493 g/mol. The van der Waals surface area contributed by atoms with E-state index in [1.807, 2.05) is 0 Å². The van der Waals surface area contributed by atoms with Gasteiger partial charge >= 0.3 is 5.97 Å². The molecule has 0 aliphatic carbocycles. The molecular weight excluding hydrogens is 472 g/mol. The second-order valence-corrected chi connectivity index (χ2v) is 9.11. The van der Waals surface area contributed by atoms with Crippen molar-refractivity contribution in [2.45, 2.75) is 26.4 Å². The predicted molar refractivity (Wildman–Crippen MR) is 133 cm³/mol. The molecule has 0 atom stereocenters. The van der Waals surface area contributed by atoms with Crippen molar-refractivity contribution >= 4 is 45.6 Å². The predicted octanol–water partition coefficient (Wildman–Crippen LogP) is 5.95. The first-order valence-electron chi connectivity index (χ1n) is 10.5. The van der Waals surface area contributed by atoms with Crippen LogP contribution < -0.4 is 0 Å². The fourth-order valence-corrected chi connectivity index (χ4v) is 3.75. The molecule has 35 heavy (non-hydrogen) atoms. The topological polar surface area (TPSA) is 131 Å². The molecule has 0 saturated carbocycles. The fraction of sp³-hybridized carbons (Fsp3) is 0.160. The van der Waals surface area contributed by atoms with E-state index in [0.717, 1.165) is 0 Å². The minimum absolute atomic E-state index is 0.116. The van der Waals surface area contributed by atoms with Gasteiger partial charge in [0.1, 0.15) is 5.60 Å². The van der Waals surface area contributed by atoms with E-state index < -0.39 is 16.5 Å². The van der Waals surface area contributed by atoms with Crippen LogP contribution in [0.2, 0.25) is 5.02 Å². The Labute approximate surface area is 205 Å². The van der Waals surface area contributed by atoms with E-state index in [0.29, 0.717) is 33.4 Å². The van der Waals surface area contributed by atoms with Crippen LogP contribution in [0.1, 0.15) is 42.3 Å². The van der Waals surface area contributed by atoms with Gasteiger partial charge in [-0.1, -0.05) is 11.6 Å². The normalized spacial score (nSPS) is 12.1. The summed E-state index contributed by atoms with van der Waals surface area (Å²) in [5.41, 5.74) is 1.49. The number of aromatic amines is 1. The van der Waals surface area contributed by atoms with Crippen LogP contribution in [0.25, 0.3) is 10.9 Å². The van der Waals surface area contributed by atoms with Gasteiger partial charge in [-0.15, -0.1) is 0 Å². The molecule has 0 aliphatic rings. The van der Waals surface area contributed by atoms with Crippen LogP contribution in [0.4, 0.5) is 11.4 Å². The zero-order valence-corrected chi connectivity index (χ0v) is 19.8. The first-order chi connectivity index (χ1) is 16.5. The van der Waals surface area contributed by atoms with Crippen LogP contribution in [0.15, 0.2) is 65.9 Å². The van der Waals surface area contributed by atoms with Crippen molar-refractivity contribution in [3.8, 4) is 5.88 Å². The van der Waals surface area contributed by atoms with Crippen molar-refractivity contribution in [2.24, 2.45) is 4.99 Å². The number of non-ortho nitro benzene ring substituents is 1. The van der Waals surface area contributed by atoms with Crippen molar-refractivity contribution in [3.05, 3.63) is 92.8 Å². The van der Waals surface area contributed by atoms with Gasteiger partial charge in [-0.3, -0.25) is 15.1 Å². The molecule has 0 bridgehead atoms. The Balaban J connectivity index is 1.85. The average Bonchev–Trinajstić information content (AvgIpc) is 3.11. The van der Waals surface area contributed by atoms with E-state index in [1.165, 1.54) is 24.3 Å². The molecule has 4 aromatic rings. The SMILES string of the molecule is CC(C)(C)OC(=O)c1ccc(N=C(c2cccnc2)c2c(O)[nH]c3cc([N+](=O)[O-])ccc23)cc1Cl. The Hall–Kier alpha value is -4.24. The lowest BCUT2D eigenvalue weighted by atomic mass is 10.0. The molecule has 0 aliphatic heterocycles. The van der Waals surface area contributed by atoms with Crippen LogP contribution in [0.3, 0.4) is 0 Å². The zero-order valence-electron chi connectivity index (χ0n) is 19.1. The standard InChI is InChI=1S/C25H21ClN4O5/c1-25(2,3)35-24(32)17-8-6-15(11-19(17)26)28-22(14-5-4-10-27-13-14)21-18-9-7-16(30(33)34)12-20(18)29-23(21)31/h4-13,29,31H,1-3H3. The number of halogens is 1. The molecule has 178 valence electrons. The van der Waals surface area contributed by atoms with Gasteiger partial charge in [0.25, 0.3) is 5.69 Å². The molecule has 0 amide bonds. The lowest BCUT2D eigenvalue weighted by Crippen LogP contribution is -2.24. The van der Waals surface area contributed by atoms with Crippen molar-refractivity contribution < 1.29 is 19.6 Å². The van der Waals surface area contributed by atoms with Crippen molar-refractivity contribution in [1.82, 2.24) is 9.97 Å². The summed E-state index contributed by atoms with van der Waals surface area (Å²) >= 11 is 6.38. The van der Waals surface area contributed by atoms with Gasteiger partial charge in [0.15, 0.2) is 5.88 Å². The van der Waals surface area contributed by atoms with Crippen LogP contribution in [0.5, 0.6) is 5.88 Å². The number of fused-ring (bicyclic) bond motifs is 1. The molecule has 2 aromatic heterocycles. The number of rotatable bonds is 5. The molecule has 0 unspecified atom stereocenters. The Morgan fingerprint density at radius 3 is 2.60 bits per heavy atom. The maximum Gasteiger partial charge on any atom is 0.340 e. The summed E-state index contributed by atoms with van der Waals surface area (Å²) in [7, 11) is 0. The molecule has 0 spiro atoms. The lowest BCUT2D eigenvalue weighted by Gasteiger charge is -2.19. The zero-order chi connectivity index (χ0) is 25.3. The third-order valence-electron chi connectivity index (χ3n) is 4.96. The van der Waals surface area contributed by atoms with Gasteiger partial charge in [-0.25, -0.2) is 9.79 Å². The highest BCUT2D eigenvalue weighted by Crippen LogP contribution is 2.34. The van der Waals surface area contributed by atoms with Crippen molar-refractivity contribution in [2.75, 3.05) is 0 Å². The Bertz CT molecular complexity index is 1470. The van der Waals surface area contributed by atoms with Gasteiger partial charge in [-0.05, 0) is 57.2 Å². The number of pyridine rings is 1. The molecule has 0 saturated heterocycles. The summed E-state index contributed by atoms with van der Waals surface area (Å²) < 4.78 is 5.39. The van der Waals surface area contributed by atoms with Gasteiger partial charge in [-0.2, -0.15) is 0 Å². The largest absolute Gasteiger partial charge is 0.494 e. The Morgan fingerprint density at radius 2 is 1.97 bits per heavy atom. The van der Waals surface area contributed by atoms with Crippen LogP contribution in [-0.4, -0.2) is 37.3 Å². The second-order valence-electron chi connectivity index (χ2n) is 8.70. The van der Waals surface area contributed by atoms with Crippen LogP contribution in [0, 0.1) is 10.1 Å². The molecule has 2 aromatic carbocycles. The first-order valence-corrected chi connectivity index (χ1v) is 10.9. The number of H-pyrrole nitrogens is 1. The number of nitrogens with one attached hydrogen (secondary N) is 1. The quantitative estimate of drug-likeness (QED) is 0.153. The summed E-state index contributed by atoms with van der Waals surface area (Å²) in [6.07, 6.45) is 3.19. The maximum absolute atomic E-state index is 12.5. The minimum atomic E-state index is -0.674. The van der Waals surface area contributed by atoms with Gasteiger partial charge in [0.05, 0.1) is 38.0 Å². The first kappa shape index (κ1) is 23.9. The maximum atomic E-state index is 12.5. The minimum Gasteiger partial charge on any atom is -0.494 e. The highest BCUT2D eigenvalue weighted by Gasteiger charge is 2.22. The smallest absolute Gasteiger partial charge is 0.340 e. The number of aromatic nitrogens is 2. The van der Waals surface area contributed by atoms with E-state index in [9.17, 15) is 20.0 Å². The molecule has 9 nitrogen and oxygen atoms in total. The Kier molecular flexibility index (Phi) is 6.27. The number of nitro benzene ring substituents is 1. The summed E-state index contributed by atoms with van der Waals surface area (Å²) in [5.74, 6) is -0.763. The number of hydrogen-bond donors (Lipinski definition) is 2. The van der Waals surface area contributed by atoms with E-state index in [-0.39, 0.29) is 22.2 Å². The van der Waals surface area contributed by atoms with E-state index in [4.69, 9.17) is 21.3 Å². The van der Waals surface area contributed by atoms with E-state index in [1.54, 1.807) is 57.4 Å². The molecule has 0 radical (unpaired) electrons. The van der Waals surface area contributed by atoms with E-state index in [2.05, 4.69) is 9.97 Å². The summed E-state index contributed by atoms with van der Waals surface area (Å²) in [6.45, 7) is 5.29. The third-order valence-corrected chi connectivity index (χ3v) is 5.27. The summed E-state index contributed by atoms with van der Waals surface area (Å²) in [6, 6.07) is 12.4. The lowest BCUT2D eigenvalue weighted by molar-refractivity contribution is -0.384. The molecule has 0 fully saturated rings. The van der Waals surface area contributed by atoms with Gasteiger partial charge in [0.2, 0.25) is 0 Å². The number of ether oxygens (including phenoxy) is 1. The Morgan fingerprint density at radius 1 is 1.20 bits per heavy atom. The number of carbonyl (C=O) groups is 1. The summed E-state index contributed by atoms with van der Waals surface area (Å²) in [5, 5.41) is 22.6. The monoisotopic (exact) mass is 492 g/mol. The van der Waals surface area contributed by atoms with Crippen LogP contribution in [-0.2, 0) is 4.74 Å². The second kappa shape index (κ2) is 9.19. The molecule has 2 N–H and O–H groups in total.